The molecule has 1 aromatic carbocycles. The van der Waals surface area contributed by atoms with Gasteiger partial charge < -0.3 is 4.90 Å². The lowest BCUT2D eigenvalue weighted by atomic mass is 9.94. The molecule has 3 aliphatic rings. The Morgan fingerprint density at radius 3 is 2.21 bits per heavy atom. The van der Waals surface area contributed by atoms with Crippen molar-refractivity contribution in [3.05, 3.63) is 30.3 Å². The molecular weight excluding hydrogens is 390 g/mol. The van der Waals surface area contributed by atoms with Gasteiger partial charge in [0, 0.05) is 38.6 Å². The first-order valence-corrected chi connectivity index (χ1v) is 12.1. The van der Waals surface area contributed by atoms with Crippen molar-refractivity contribution in [2.75, 3.05) is 26.2 Å². The van der Waals surface area contributed by atoms with Gasteiger partial charge in [-0.15, -0.1) is 0 Å². The van der Waals surface area contributed by atoms with Crippen LogP contribution in [-0.2, 0) is 19.6 Å². The third kappa shape index (κ3) is 4.05. The van der Waals surface area contributed by atoms with Crippen LogP contribution in [0.25, 0.3) is 0 Å². The standard InChI is InChI=1S/C21H29N3O4S/c25-20-12-11-19(24(20)29(27,28)18-9-5-2-6-10-18)21(26)23-15-13-22(14-16-23)17-7-3-1-4-8-17/h2,5-6,9-10,17,19H,1,3-4,7-8,11-16H2. The van der Waals surface area contributed by atoms with Gasteiger partial charge in [0.05, 0.1) is 4.90 Å². The van der Waals surface area contributed by atoms with Crippen molar-refractivity contribution in [2.24, 2.45) is 0 Å². The summed E-state index contributed by atoms with van der Waals surface area (Å²) in [5.41, 5.74) is 0. The molecule has 2 saturated heterocycles. The van der Waals surface area contributed by atoms with E-state index in [1.807, 2.05) is 0 Å². The van der Waals surface area contributed by atoms with Crippen LogP contribution in [0.3, 0.4) is 0 Å². The van der Waals surface area contributed by atoms with Gasteiger partial charge in [-0.1, -0.05) is 37.5 Å². The molecule has 8 heteroatoms. The van der Waals surface area contributed by atoms with E-state index in [9.17, 15) is 18.0 Å². The molecule has 2 aliphatic heterocycles. The van der Waals surface area contributed by atoms with Crippen molar-refractivity contribution in [1.82, 2.24) is 14.1 Å². The van der Waals surface area contributed by atoms with Crippen LogP contribution < -0.4 is 0 Å². The maximum absolute atomic E-state index is 13.2. The summed E-state index contributed by atoms with van der Waals surface area (Å²) in [6.45, 7) is 2.84. The zero-order chi connectivity index (χ0) is 20.4. The Bertz CT molecular complexity index is 844. The fraction of sp³-hybridized carbons (Fsp3) is 0.619. The Hall–Kier alpha value is -1.93. The van der Waals surface area contributed by atoms with E-state index in [0.717, 1.165) is 17.4 Å². The highest BCUT2D eigenvalue weighted by Gasteiger charge is 2.46. The molecule has 29 heavy (non-hydrogen) atoms. The van der Waals surface area contributed by atoms with Gasteiger partial charge in [0.15, 0.2) is 0 Å². The second-order valence-corrected chi connectivity index (χ2v) is 10.0. The van der Waals surface area contributed by atoms with Crippen molar-refractivity contribution in [2.45, 2.75) is 61.9 Å². The molecule has 0 radical (unpaired) electrons. The molecule has 0 bridgehead atoms. The van der Waals surface area contributed by atoms with E-state index >= 15 is 0 Å². The largest absolute Gasteiger partial charge is 0.338 e. The number of amides is 2. The lowest BCUT2D eigenvalue weighted by Gasteiger charge is -2.41. The van der Waals surface area contributed by atoms with E-state index in [2.05, 4.69) is 4.90 Å². The second-order valence-electron chi connectivity index (χ2n) is 8.22. The third-order valence-corrected chi connectivity index (χ3v) is 8.31. The van der Waals surface area contributed by atoms with Gasteiger partial charge in [0.25, 0.3) is 10.0 Å². The first-order valence-electron chi connectivity index (χ1n) is 10.6. The van der Waals surface area contributed by atoms with Gasteiger partial charge in [-0.3, -0.25) is 14.5 Å². The number of carbonyl (C=O) groups is 2. The van der Waals surface area contributed by atoms with E-state index < -0.39 is 22.0 Å². The molecule has 0 aromatic heterocycles. The minimum absolute atomic E-state index is 0.0511. The highest BCUT2D eigenvalue weighted by Crippen LogP contribution is 2.29. The maximum atomic E-state index is 13.2. The van der Waals surface area contributed by atoms with Gasteiger partial charge in [-0.25, -0.2) is 12.7 Å². The van der Waals surface area contributed by atoms with Gasteiger partial charge in [-0.05, 0) is 31.4 Å². The molecular formula is C21H29N3O4S. The summed E-state index contributed by atoms with van der Waals surface area (Å²) < 4.78 is 26.9. The van der Waals surface area contributed by atoms with E-state index in [-0.39, 0.29) is 23.6 Å². The van der Waals surface area contributed by atoms with E-state index in [1.165, 1.54) is 44.2 Å². The monoisotopic (exact) mass is 419 g/mol. The van der Waals surface area contributed by atoms with Crippen LogP contribution in [0.5, 0.6) is 0 Å². The molecule has 1 saturated carbocycles. The number of nitrogens with zero attached hydrogens (tertiary/aromatic N) is 3. The normalized spacial score (nSPS) is 24.8. The van der Waals surface area contributed by atoms with Crippen LogP contribution in [-0.4, -0.2) is 72.6 Å². The van der Waals surface area contributed by atoms with E-state index in [1.54, 1.807) is 23.1 Å². The number of rotatable bonds is 4. The highest BCUT2D eigenvalue weighted by molar-refractivity contribution is 7.89. The molecule has 2 heterocycles. The highest BCUT2D eigenvalue weighted by atomic mass is 32.2. The number of piperazine rings is 1. The average molecular weight is 420 g/mol. The molecule has 0 N–H and O–H groups in total. The summed E-state index contributed by atoms with van der Waals surface area (Å²) in [5.74, 6) is -0.730. The van der Waals surface area contributed by atoms with Gasteiger partial charge >= 0.3 is 0 Å². The molecule has 7 nitrogen and oxygen atoms in total. The molecule has 1 unspecified atom stereocenters. The van der Waals surface area contributed by atoms with Crippen molar-refractivity contribution < 1.29 is 18.0 Å². The van der Waals surface area contributed by atoms with Crippen molar-refractivity contribution in [3.8, 4) is 0 Å². The summed E-state index contributed by atoms with van der Waals surface area (Å²) in [5, 5.41) is 0. The van der Waals surface area contributed by atoms with Crippen LogP contribution in [0.2, 0.25) is 0 Å². The van der Waals surface area contributed by atoms with Crippen LogP contribution in [0.4, 0.5) is 0 Å². The zero-order valence-corrected chi connectivity index (χ0v) is 17.5. The first-order chi connectivity index (χ1) is 14.0. The Kier molecular flexibility index (Phi) is 5.92. The van der Waals surface area contributed by atoms with Gasteiger partial charge in [0.2, 0.25) is 11.8 Å². The molecule has 1 atom stereocenters. The SMILES string of the molecule is O=C(C1CCC(=O)N1S(=O)(=O)c1ccccc1)N1CCN(C2CCCCC2)CC1. The summed E-state index contributed by atoms with van der Waals surface area (Å²) in [4.78, 5) is 29.9. The van der Waals surface area contributed by atoms with Crippen molar-refractivity contribution in [3.63, 3.8) is 0 Å². The molecule has 3 fully saturated rings. The zero-order valence-electron chi connectivity index (χ0n) is 16.7. The van der Waals surface area contributed by atoms with Gasteiger partial charge in [0.1, 0.15) is 6.04 Å². The minimum Gasteiger partial charge on any atom is -0.338 e. The van der Waals surface area contributed by atoms with Crippen molar-refractivity contribution >= 4 is 21.8 Å². The summed E-state index contributed by atoms with van der Waals surface area (Å²) in [6.07, 6.45) is 6.68. The molecule has 1 aromatic rings. The fourth-order valence-corrected chi connectivity index (χ4v) is 6.48. The van der Waals surface area contributed by atoms with Crippen LogP contribution >= 0.6 is 0 Å². The van der Waals surface area contributed by atoms with Crippen molar-refractivity contribution in [1.29, 1.82) is 0 Å². The topological polar surface area (TPSA) is 78.0 Å². The fourth-order valence-electron chi connectivity index (χ4n) is 4.86. The minimum atomic E-state index is -4.02. The Morgan fingerprint density at radius 1 is 0.897 bits per heavy atom. The second kappa shape index (κ2) is 8.44. The van der Waals surface area contributed by atoms with E-state index in [0.29, 0.717) is 19.1 Å². The number of carbonyl (C=O) groups excluding carboxylic acids is 2. The molecule has 0 spiro atoms. The predicted molar refractivity (Wildman–Crippen MR) is 109 cm³/mol. The number of sulfonamides is 1. The molecule has 158 valence electrons. The Morgan fingerprint density at radius 2 is 1.55 bits per heavy atom. The quantitative estimate of drug-likeness (QED) is 0.744. The number of hydrogen-bond acceptors (Lipinski definition) is 5. The summed E-state index contributed by atoms with van der Waals surface area (Å²) >= 11 is 0. The average Bonchev–Trinajstić information content (AvgIpc) is 3.17. The molecule has 4 rings (SSSR count). The third-order valence-electron chi connectivity index (χ3n) is 6.46. The van der Waals surface area contributed by atoms with Crippen LogP contribution in [0.1, 0.15) is 44.9 Å². The van der Waals surface area contributed by atoms with E-state index in [4.69, 9.17) is 0 Å². The van der Waals surface area contributed by atoms with Gasteiger partial charge in [-0.2, -0.15) is 0 Å². The lowest BCUT2D eigenvalue weighted by Crippen LogP contribution is -2.56. The molecule has 2 amide bonds. The summed E-state index contributed by atoms with van der Waals surface area (Å²) in [6, 6.07) is 7.58. The smallest absolute Gasteiger partial charge is 0.267 e. The number of hydrogen-bond donors (Lipinski definition) is 0. The first kappa shape index (κ1) is 20.3. The summed E-state index contributed by atoms with van der Waals surface area (Å²) in [7, 11) is -4.02. The maximum Gasteiger partial charge on any atom is 0.267 e. The predicted octanol–water partition coefficient (Wildman–Crippen LogP) is 1.84. The Balaban J connectivity index is 1.45. The lowest BCUT2D eigenvalue weighted by molar-refractivity contribution is -0.139. The Labute approximate surface area is 172 Å². The number of benzene rings is 1. The molecule has 1 aliphatic carbocycles. The van der Waals surface area contributed by atoms with Crippen LogP contribution in [0, 0.1) is 0 Å². The van der Waals surface area contributed by atoms with Crippen LogP contribution in [0.15, 0.2) is 35.2 Å².